The lowest BCUT2D eigenvalue weighted by molar-refractivity contribution is 0.114. The number of methoxy groups -OCH3 is 1. The Morgan fingerprint density at radius 3 is 2.74 bits per heavy atom. The normalized spacial score (nSPS) is 21.0. The number of nitrogens with one attached hydrogen (secondary N) is 2. The van der Waals surface area contributed by atoms with E-state index in [-0.39, 0.29) is 11.0 Å². The van der Waals surface area contributed by atoms with Crippen molar-refractivity contribution in [2.45, 2.75) is 43.1 Å². The maximum atomic E-state index is 12.9. The lowest BCUT2D eigenvalue weighted by atomic mass is 10.2. The molecule has 9 heteroatoms. The van der Waals surface area contributed by atoms with Crippen LogP contribution in [0.5, 0.6) is 5.75 Å². The van der Waals surface area contributed by atoms with Gasteiger partial charge in [0.1, 0.15) is 5.75 Å². The fourth-order valence-electron chi connectivity index (χ4n) is 3.38. The molecule has 2 fully saturated rings. The highest BCUT2D eigenvalue weighted by atomic mass is 32.2. The largest absolute Gasteiger partial charge is 0.495 e. The minimum absolute atomic E-state index is 0.164. The maximum Gasteiger partial charge on any atom is 0.243 e. The SMILES string of the molecule is COc1ccc(S(=O)(=O)N2CCCCC2)cc1NC(=S)NCC1CCCO1. The summed E-state index contributed by atoms with van der Waals surface area (Å²) in [6.07, 6.45) is 5.12. The van der Waals surface area contributed by atoms with Crippen LogP contribution in [0.3, 0.4) is 0 Å². The zero-order valence-corrected chi connectivity index (χ0v) is 17.2. The van der Waals surface area contributed by atoms with Crippen LogP contribution in [-0.4, -0.2) is 57.3 Å². The maximum absolute atomic E-state index is 12.9. The van der Waals surface area contributed by atoms with Gasteiger partial charge in [0.05, 0.1) is 23.8 Å². The van der Waals surface area contributed by atoms with Gasteiger partial charge in [0.15, 0.2) is 5.11 Å². The molecule has 0 aliphatic carbocycles. The molecule has 2 saturated heterocycles. The van der Waals surface area contributed by atoms with Gasteiger partial charge in [-0.25, -0.2) is 8.42 Å². The smallest absolute Gasteiger partial charge is 0.243 e. The van der Waals surface area contributed by atoms with Gasteiger partial charge in [-0.3, -0.25) is 0 Å². The summed E-state index contributed by atoms with van der Waals surface area (Å²) in [6.45, 7) is 2.55. The quantitative estimate of drug-likeness (QED) is 0.693. The van der Waals surface area contributed by atoms with Gasteiger partial charge in [-0.05, 0) is 56.1 Å². The predicted molar refractivity (Wildman–Crippen MR) is 109 cm³/mol. The Morgan fingerprint density at radius 2 is 2.07 bits per heavy atom. The minimum Gasteiger partial charge on any atom is -0.495 e. The Labute approximate surface area is 166 Å². The van der Waals surface area contributed by atoms with E-state index in [1.165, 1.54) is 0 Å². The number of hydrogen-bond donors (Lipinski definition) is 2. The molecule has 1 aromatic carbocycles. The van der Waals surface area contributed by atoms with Crippen molar-refractivity contribution in [2.24, 2.45) is 0 Å². The Hall–Kier alpha value is -1.42. The van der Waals surface area contributed by atoms with Crippen LogP contribution in [0.1, 0.15) is 32.1 Å². The van der Waals surface area contributed by atoms with E-state index in [4.69, 9.17) is 21.7 Å². The third kappa shape index (κ3) is 5.10. The molecule has 0 radical (unpaired) electrons. The number of nitrogens with zero attached hydrogens (tertiary/aromatic N) is 1. The fourth-order valence-corrected chi connectivity index (χ4v) is 5.12. The van der Waals surface area contributed by atoms with Crippen LogP contribution in [0.2, 0.25) is 0 Å². The molecule has 0 aromatic heterocycles. The topological polar surface area (TPSA) is 79.9 Å². The summed E-state index contributed by atoms with van der Waals surface area (Å²) in [4.78, 5) is 0.245. The van der Waals surface area contributed by atoms with Crippen molar-refractivity contribution in [1.29, 1.82) is 0 Å². The third-order valence-electron chi connectivity index (χ3n) is 4.89. The second kappa shape index (κ2) is 9.18. The van der Waals surface area contributed by atoms with Crippen molar-refractivity contribution in [1.82, 2.24) is 9.62 Å². The van der Waals surface area contributed by atoms with E-state index >= 15 is 0 Å². The molecule has 1 unspecified atom stereocenters. The van der Waals surface area contributed by atoms with E-state index in [1.54, 1.807) is 29.6 Å². The van der Waals surface area contributed by atoms with Crippen LogP contribution in [0.4, 0.5) is 5.69 Å². The molecule has 7 nitrogen and oxygen atoms in total. The average Bonchev–Trinajstić information content (AvgIpc) is 3.20. The highest BCUT2D eigenvalue weighted by Crippen LogP contribution is 2.30. The Bertz CT molecular complexity index is 758. The van der Waals surface area contributed by atoms with Crippen LogP contribution < -0.4 is 15.4 Å². The van der Waals surface area contributed by atoms with Crippen molar-refractivity contribution >= 4 is 33.0 Å². The van der Waals surface area contributed by atoms with Gasteiger partial charge < -0.3 is 20.1 Å². The summed E-state index contributed by atoms with van der Waals surface area (Å²) >= 11 is 5.35. The zero-order chi connectivity index (χ0) is 19.3. The van der Waals surface area contributed by atoms with Crippen LogP contribution in [0.25, 0.3) is 0 Å². The summed E-state index contributed by atoms with van der Waals surface area (Å²) < 4.78 is 38.3. The molecule has 0 spiro atoms. The van der Waals surface area contributed by atoms with Gasteiger partial charge in [-0.2, -0.15) is 4.31 Å². The van der Waals surface area contributed by atoms with Crippen molar-refractivity contribution in [2.75, 3.05) is 38.7 Å². The molecule has 2 aliphatic heterocycles. The number of thiocarbonyl (C=S) groups is 1. The van der Waals surface area contributed by atoms with Crippen LogP contribution >= 0.6 is 12.2 Å². The Balaban J connectivity index is 1.71. The third-order valence-corrected chi connectivity index (χ3v) is 7.03. The molecule has 2 heterocycles. The van der Waals surface area contributed by atoms with Gasteiger partial charge in [0.2, 0.25) is 10.0 Å². The van der Waals surface area contributed by atoms with Crippen LogP contribution in [0.15, 0.2) is 23.1 Å². The highest BCUT2D eigenvalue weighted by molar-refractivity contribution is 7.89. The summed E-state index contributed by atoms with van der Waals surface area (Å²) in [5.74, 6) is 0.536. The second-order valence-electron chi connectivity index (χ2n) is 6.80. The number of ether oxygens (including phenoxy) is 2. The van der Waals surface area contributed by atoms with E-state index in [1.807, 2.05) is 0 Å². The first-order chi connectivity index (χ1) is 13.0. The zero-order valence-electron chi connectivity index (χ0n) is 15.6. The van der Waals surface area contributed by atoms with Crippen LogP contribution in [-0.2, 0) is 14.8 Å². The molecule has 1 aromatic rings. The first-order valence-electron chi connectivity index (χ1n) is 9.35. The monoisotopic (exact) mass is 413 g/mol. The molecule has 0 saturated carbocycles. The molecule has 3 rings (SSSR count). The van der Waals surface area contributed by atoms with Crippen molar-refractivity contribution in [3.63, 3.8) is 0 Å². The standard InChI is InChI=1S/C18H27N3O4S2/c1-24-17-8-7-15(27(22,23)21-9-3-2-4-10-21)12-16(17)20-18(26)19-13-14-6-5-11-25-14/h7-8,12,14H,2-6,9-11,13H2,1H3,(H2,19,20,26). The molecule has 2 aliphatic rings. The molecule has 1 atom stereocenters. The number of rotatable bonds is 6. The van der Waals surface area contributed by atoms with Crippen molar-refractivity contribution in [3.8, 4) is 5.75 Å². The molecule has 27 heavy (non-hydrogen) atoms. The van der Waals surface area contributed by atoms with Gasteiger partial charge >= 0.3 is 0 Å². The lowest BCUT2D eigenvalue weighted by Gasteiger charge is -2.26. The predicted octanol–water partition coefficient (Wildman–Crippen LogP) is 2.34. The number of piperidine rings is 1. The number of hydrogen-bond acceptors (Lipinski definition) is 5. The fraction of sp³-hybridized carbons (Fsp3) is 0.611. The molecule has 0 amide bonds. The molecular formula is C18H27N3O4S2. The van der Waals surface area contributed by atoms with E-state index in [0.29, 0.717) is 36.2 Å². The van der Waals surface area contributed by atoms with Gasteiger partial charge in [-0.15, -0.1) is 0 Å². The average molecular weight is 414 g/mol. The Morgan fingerprint density at radius 1 is 1.30 bits per heavy atom. The van der Waals surface area contributed by atoms with Gasteiger partial charge in [-0.1, -0.05) is 6.42 Å². The Kier molecular flexibility index (Phi) is 6.91. The van der Waals surface area contributed by atoms with Gasteiger partial charge in [0, 0.05) is 26.2 Å². The first-order valence-corrected chi connectivity index (χ1v) is 11.2. The summed E-state index contributed by atoms with van der Waals surface area (Å²) in [7, 11) is -1.97. The van der Waals surface area contributed by atoms with Crippen LogP contribution in [0, 0.1) is 0 Å². The van der Waals surface area contributed by atoms with Crippen molar-refractivity contribution < 1.29 is 17.9 Å². The summed E-state index contributed by atoms with van der Waals surface area (Å²) in [6, 6.07) is 4.82. The van der Waals surface area contributed by atoms with E-state index in [2.05, 4.69) is 10.6 Å². The molecule has 150 valence electrons. The summed E-state index contributed by atoms with van der Waals surface area (Å²) in [5, 5.41) is 6.60. The number of sulfonamides is 1. The number of benzene rings is 1. The van der Waals surface area contributed by atoms with E-state index in [9.17, 15) is 8.42 Å². The summed E-state index contributed by atoms with van der Waals surface area (Å²) in [5.41, 5.74) is 0.528. The molecule has 0 bridgehead atoms. The molecular weight excluding hydrogens is 386 g/mol. The van der Waals surface area contributed by atoms with Crippen molar-refractivity contribution in [3.05, 3.63) is 18.2 Å². The minimum atomic E-state index is -3.52. The van der Waals surface area contributed by atoms with Gasteiger partial charge in [0.25, 0.3) is 0 Å². The highest BCUT2D eigenvalue weighted by Gasteiger charge is 2.27. The van der Waals surface area contributed by atoms with E-state index in [0.717, 1.165) is 38.7 Å². The number of anilines is 1. The lowest BCUT2D eigenvalue weighted by Crippen LogP contribution is -2.36. The second-order valence-corrected chi connectivity index (χ2v) is 9.14. The molecule has 2 N–H and O–H groups in total. The first kappa shape index (κ1) is 20.3. The van der Waals surface area contributed by atoms with E-state index < -0.39 is 10.0 Å².